The van der Waals surface area contributed by atoms with Gasteiger partial charge >= 0.3 is 0 Å². The van der Waals surface area contributed by atoms with Crippen LogP contribution in [0, 0.1) is 11.3 Å². The molecule has 0 saturated carbocycles. The first kappa shape index (κ1) is 16.1. The van der Waals surface area contributed by atoms with Crippen LogP contribution in [0.1, 0.15) is 41.6 Å². The molecule has 2 aromatic carbocycles. The molecule has 4 nitrogen and oxygen atoms in total. The van der Waals surface area contributed by atoms with Crippen molar-refractivity contribution in [2.24, 2.45) is 0 Å². The normalized spacial score (nSPS) is 14.5. The minimum atomic E-state index is -0.165. The first-order valence-corrected chi connectivity index (χ1v) is 8.43. The molecule has 3 rings (SSSR count). The summed E-state index contributed by atoms with van der Waals surface area (Å²) < 4.78 is 0. The Hall–Kier alpha value is -2.80. The quantitative estimate of drug-likeness (QED) is 0.923. The Bertz CT molecular complexity index is 721. The van der Waals surface area contributed by atoms with Crippen molar-refractivity contribution in [3.63, 3.8) is 0 Å². The summed E-state index contributed by atoms with van der Waals surface area (Å²) in [6.07, 6.45) is 5.12. The van der Waals surface area contributed by atoms with Crippen LogP contribution >= 0.6 is 0 Å². The van der Waals surface area contributed by atoms with E-state index in [-0.39, 0.29) is 5.91 Å². The molecule has 0 aliphatic carbocycles. The van der Waals surface area contributed by atoms with Crippen molar-refractivity contribution in [3.8, 4) is 6.07 Å². The summed E-state index contributed by atoms with van der Waals surface area (Å²) in [6.45, 7) is 2.22. The van der Waals surface area contributed by atoms with Gasteiger partial charge in [0.05, 0.1) is 11.6 Å². The molecule has 1 aliphatic rings. The summed E-state index contributed by atoms with van der Waals surface area (Å²) in [5.41, 5.74) is 3.09. The third-order valence-corrected chi connectivity index (χ3v) is 4.37. The Morgan fingerprint density at radius 2 is 1.54 bits per heavy atom. The predicted molar refractivity (Wildman–Crippen MR) is 96.2 cm³/mol. The highest BCUT2D eigenvalue weighted by atomic mass is 16.1. The number of nitriles is 1. The Kier molecular flexibility index (Phi) is 5.12. The number of hydrogen-bond donors (Lipinski definition) is 1. The molecule has 1 aliphatic heterocycles. The van der Waals surface area contributed by atoms with E-state index in [1.54, 1.807) is 24.3 Å². The Labute approximate surface area is 142 Å². The first-order chi connectivity index (χ1) is 11.8. The van der Waals surface area contributed by atoms with Crippen LogP contribution in [0.3, 0.4) is 0 Å². The van der Waals surface area contributed by atoms with Gasteiger partial charge in [0.1, 0.15) is 0 Å². The van der Waals surface area contributed by atoms with Gasteiger partial charge in [0.2, 0.25) is 0 Å². The van der Waals surface area contributed by atoms with E-state index >= 15 is 0 Å². The molecule has 1 heterocycles. The molecule has 0 spiro atoms. The average molecular weight is 319 g/mol. The molecule has 4 heteroatoms. The predicted octanol–water partition coefficient (Wildman–Crippen LogP) is 4.19. The molecule has 1 amide bonds. The maximum absolute atomic E-state index is 12.2. The van der Waals surface area contributed by atoms with Crippen molar-refractivity contribution in [2.45, 2.75) is 25.7 Å². The van der Waals surface area contributed by atoms with Gasteiger partial charge in [0, 0.05) is 30.0 Å². The van der Waals surface area contributed by atoms with Crippen molar-refractivity contribution >= 4 is 17.3 Å². The molecule has 0 aromatic heterocycles. The minimum Gasteiger partial charge on any atom is -0.372 e. The van der Waals surface area contributed by atoms with Gasteiger partial charge in [-0.3, -0.25) is 4.79 Å². The second-order valence-corrected chi connectivity index (χ2v) is 6.09. The number of anilines is 2. The van der Waals surface area contributed by atoms with Gasteiger partial charge < -0.3 is 10.2 Å². The molecule has 1 N–H and O–H groups in total. The Balaban J connectivity index is 1.64. The highest BCUT2D eigenvalue weighted by molar-refractivity contribution is 6.04. The van der Waals surface area contributed by atoms with E-state index in [1.807, 2.05) is 18.2 Å². The summed E-state index contributed by atoms with van der Waals surface area (Å²) >= 11 is 0. The number of rotatable bonds is 3. The monoisotopic (exact) mass is 319 g/mol. The zero-order chi connectivity index (χ0) is 16.8. The van der Waals surface area contributed by atoms with Crippen molar-refractivity contribution < 1.29 is 4.79 Å². The number of hydrogen-bond acceptors (Lipinski definition) is 3. The van der Waals surface area contributed by atoms with E-state index in [4.69, 9.17) is 5.26 Å². The van der Waals surface area contributed by atoms with Crippen LogP contribution < -0.4 is 10.2 Å². The lowest BCUT2D eigenvalue weighted by Crippen LogP contribution is -2.23. The van der Waals surface area contributed by atoms with Crippen molar-refractivity contribution in [2.75, 3.05) is 23.3 Å². The molecule has 24 heavy (non-hydrogen) atoms. The van der Waals surface area contributed by atoms with Crippen LogP contribution in [0.4, 0.5) is 11.4 Å². The first-order valence-electron chi connectivity index (χ1n) is 8.43. The number of amides is 1. The fourth-order valence-corrected chi connectivity index (χ4v) is 2.98. The second kappa shape index (κ2) is 7.65. The molecule has 122 valence electrons. The van der Waals surface area contributed by atoms with Gasteiger partial charge in [-0.1, -0.05) is 12.8 Å². The van der Waals surface area contributed by atoms with Gasteiger partial charge in [-0.2, -0.15) is 5.26 Å². The zero-order valence-corrected chi connectivity index (χ0v) is 13.7. The van der Waals surface area contributed by atoms with Crippen LogP contribution in [0.5, 0.6) is 0 Å². The number of carbonyl (C=O) groups excluding carboxylic acids is 1. The lowest BCUT2D eigenvalue weighted by Gasteiger charge is -2.22. The third-order valence-electron chi connectivity index (χ3n) is 4.37. The molecular formula is C20H21N3O. The van der Waals surface area contributed by atoms with Gasteiger partial charge in [-0.15, -0.1) is 0 Å². The Morgan fingerprint density at radius 1 is 0.917 bits per heavy atom. The maximum Gasteiger partial charge on any atom is 0.255 e. The SMILES string of the molecule is N#Cc1ccc(C(=O)Nc2ccc(N3CCCCCC3)cc2)cc1. The van der Waals surface area contributed by atoms with Crippen molar-refractivity contribution in [1.29, 1.82) is 5.26 Å². The van der Waals surface area contributed by atoms with Crippen molar-refractivity contribution in [1.82, 2.24) is 0 Å². The molecule has 1 fully saturated rings. The summed E-state index contributed by atoms with van der Waals surface area (Å²) in [5.74, 6) is -0.165. The van der Waals surface area contributed by atoms with Crippen LogP contribution in [-0.4, -0.2) is 19.0 Å². The fourth-order valence-electron chi connectivity index (χ4n) is 2.98. The van der Waals surface area contributed by atoms with E-state index in [1.165, 1.54) is 31.4 Å². The Morgan fingerprint density at radius 3 is 2.12 bits per heavy atom. The molecular weight excluding hydrogens is 298 g/mol. The zero-order valence-electron chi connectivity index (χ0n) is 13.7. The maximum atomic E-state index is 12.2. The third kappa shape index (κ3) is 3.94. The topological polar surface area (TPSA) is 56.1 Å². The smallest absolute Gasteiger partial charge is 0.255 e. The van der Waals surface area contributed by atoms with E-state index in [0.717, 1.165) is 18.8 Å². The van der Waals surface area contributed by atoms with Gasteiger partial charge in [0.25, 0.3) is 5.91 Å². The van der Waals surface area contributed by atoms with E-state index in [9.17, 15) is 4.79 Å². The molecule has 0 atom stereocenters. The van der Waals surface area contributed by atoms with E-state index in [0.29, 0.717) is 11.1 Å². The van der Waals surface area contributed by atoms with Crippen LogP contribution in [-0.2, 0) is 0 Å². The van der Waals surface area contributed by atoms with E-state index < -0.39 is 0 Å². The number of benzene rings is 2. The van der Waals surface area contributed by atoms with Gasteiger partial charge in [0.15, 0.2) is 0 Å². The number of nitrogens with zero attached hydrogens (tertiary/aromatic N) is 2. The van der Waals surface area contributed by atoms with Crippen molar-refractivity contribution in [3.05, 3.63) is 59.7 Å². The minimum absolute atomic E-state index is 0.165. The van der Waals surface area contributed by atoms with Crippen LogP contribution in [0.15, 0.2) is 48.5 Å². The lowest BCUT2D eigenvalue weighted by atomic mass is 10.1. The van der Waals surface area contributed by atoms with Gasteiger partial charge in [-0.25, -0.2) is 0 Å². The standard InChI is InChI=1S/C20H21N3O/c21-15-16-5-7-17(8-6-16)20(24)22-18-9-11-19(12-10-18)23-13-3-1-2-4-14-23/h5-12H,1-4,13-14H2,(H,22,24). The highest BCUT2D eigenvalue weighted by Crippen LogP contribution is 2.22. The lowest BCUT2D eigenvalue weighted by molar-refractivity contribution is 0.102. The van der Waals surface area contributed by atoms with Gasteiger partial charge in [-0.05, 0) is 61.4 Å². The largest absolute Gasteiger partial charge is 0.372 e. The summed E-state index contributed by atoms with van der Waals surface area (Å²) in [5, 5.41) is 11.7. The molecule has 0 bridgehead atoms. The molecule has 0 radical (unpaired) electrons. The van der Waals surface area contributed by atoms with E-state index in [2.05, 4.69) is 22.3 Å². The summed E-state index contributed by atoms with van der Waals surface area (Å²) in [6, 6.07) is 16.7. The second-order valence-electron chi connectivity index (χ2n) is 6.09. The fraction of sp³-hybridized carbons (Fsp3) is 0.300. The van der Waals surface area contributed by atoms with Crippen LogP contribution in [0.25, 0.3) is 0 Å². The highest BCUT2D eigenvalue weighted by Gasteiger charge is 2.10. The number of carbonyl (C=O) groups is 1. The summed E-state index contributed by atoms with van der Waals surface area (Å²) in [4.78, 5) is 14.7. The molecule has 0 unspecified atom stereocenters. The number of nitrogens with one attached hydrogen (secondary N) is 1. The average Bonchev–Trinajstić information content (AvgIpc) is 2.92. The molecule has 2 aromatic rings. The van der Waals surface area contributed by atoms with Crippen LogP contribution in [0.2, 0.25) is 0 Å². The molecule has 1 saturated heterocycles. The summed E-state index contributed by atoms with van der Waals surface area (Å²) in [7, 11) is 0.